The SMILES string of the molecule is CCCNC(CN(CC)c1ccccc1F)C(=O)OC. The van der Waals surface area contributed by atoms with Crippen LogP contribution >= 0.6 is 0 Å². The van der Waals surface area contributed by atoms with Crippen molar-refractivity contribution in [2.24, 2.45) is 0 Å². The van der Waals surface area contributed by atoms with Gasteiger partial charge < -0.3 is 15.0 Å². The van der Waals surface area contributed by atoms with Gasteiger partial charge in [0.2, 0.25) is 0 Å². The standard InChI is InChI=1S/C15H23FN2O2/c1-4-10-17-13(15(19)20-3)11-18(5-2)14-9-7-6-8-12(14)16/h6-9,13,17H,4-5,10-11H2,1-3H3. The molecule has 0 radical (unpaired) electrons. The minimum atomic E-state index is -0.459. The summed E-state index contributed by atoms with van der Waals surface area (Å²) in [6, 6.07) is 6.12. The predicted octanol–water partition coefficient (Wildman–Crippen LogP) is 2.19. The molecule has 0 heterocycles. The van der Waals surface area contributed by atoms with Crippen LogP contribution in [0.1, 0.15) is 20.3 Å². The second-order valence-electron chi connectivity index (χ2n) is 4.52. The maximum atomic E-state index is 13.8. The predicted molar refractivity (Wildman–Crippen MR) is 78.4 cm³/mol. The van der Waals surface area contributed by atoms with Crippen LogP contribution in [0.3, 0.4) is 0 Å². The van der Waals surface area contributed by atoms with E-state index < -0.39 is 6.04 Å². The van der Waals surface area contributed by atoms with Crippen molar-refractivity contribution in [1.82, 2.24) is 5.32 Å². The van der Waals surface area contributed by atoms with Crippen LogP contribution in [0.15, 0.2) is 24.3 Å². The van der Waals surface area contributed by atoms with E-state index in [9.17, 15) is 9.18 Å². The molecule has 0 amide bonds. The van der Waals surface area contributed by atoms with E-state index in [0.29, 0.717) is 25.3 Å². The summed E-state index contributed by atoms with van der Waals surface area (Å²) in [7, 11) is 1.36. The number of methoxy groups -OCH3 is 1. The lowest BCUT2D eigenvalue weighted by atomic mass is 10.2. The van der Waals surface area contributed by atoms with E-state index in [1.807, 2.05) is 18.7 Å². The topological polar surface area (TPSA) is 41.6 Å². The lowest BCUT2D eigenvalue weighted by Gasteiger charge is -2.28. The normalized spacial score (nSPS) is 12.0. The fourth-order valence-corrected chi connectivity index (χ4v) is 2.01. The van der Waals surface area contributed by atoms with Crippen LogP contribution in [-0.4, -0.2) is 38.8 Å². The molecular formula is C15H23FN2O2. The molecule has 1 unspecified atom stereocenters. The van der Waals surface area contributed by atoms with Crippen molar-refractivity contribution in [2.75, 3.05) is 31.6 Å². The van der Waals surface area contributed by atoms with Crippen molar-refractivity contribution in [3.8, 4) is 0 Å². The van der Waals surface area contributed by atoms with Crippen LogP contribution in [0.5, 0.6) is 0 Å². The molecule has 112 valence electrons. The maximum Gasteiger partial charge on any atom is 0.324 e. The zero-order chi connectivity index (χ0) is 15.0. The summed E-state index contributed by atoms with van der Waals surface area (Å²) in [5.41, 5.74) is 0.502. The molecule has 0 spiro atoms. The van der Waals surface area contributed by atoms with Crippen LogP contribution in [0, 0.1) is 5.82 Å². The fourth-order valence-electron chi connectivity index (χ4n) is 2.01. The Balaban J connectivity index is 2.83. The summed E-state index contributed by atoms with van der Waals surface area (Å²) in [6.45, 7) is 5.66. The number of nitrogens with zero attached hydrogens (tertiary/aromatic N) is 1. The van der Waals surface area contributed by atoms with E-state index in [1.54, 1.807) is 18.2 Å². The molecule has 1 atom stereocenters. The number of carbonyl (C=O) groups is 1. The molecule has 0 aromatic heterocycles. The van der Waals surface area contributed by atoms with E-state index in [0.717, 1.165) is 6.42 Å². The highest BCUT2D eigenvalue weighted by Gasteiger charge is 2.22. The largest absolute Gasteiger partial charge is 0.468 e. The van der Waals surface area contributed by atoms with E-state index in [2.05, 4.69) is 5.32 Å². The van der Waals surface area contributed by atoms with Crippen LogP contribution in [0.2, 0.25) is 0 Å². The lowest BCUT2D eigenvalue weighted by molar-refractivity contribution is -0.142. The lowest BCUT2D eigenvalue weighted by Crippen LogP contribution is -2.47. The average molecular weight is 282 g/mol. The Morgan fingerprint density at radius 3 is 2.65 bits per heavy atom. The minimum absolute atomic E-state index is 0.284. The zero-order valence-electron chi connectivity index (χ0n) is 12.4. The number of rotatable bonds is 8. The van der Waals surface area contributed by atoms with Crippen molar-refractivity contribution >= 4 is 11.7 Å². The Morgan fingerprint density at radius 1 is 1.40 bits per heavy atom. The number of likely N-dealkylation sites (N-methyl/N-ethyl adjacent to an activating group) is 1. The molecule has 0 aliphatic carbocycles. The number of carbonyl (C=O) groups excluding carboxylic acids is 1. The third-order valence-electron chi connectivity index (χ3n) is 3.10. The van der Waals surface area contributed by atoms with Crippen LogP contribution in [0.25, 0.3) is 0 Å². The first kappa shape index (κ1) is 16.4. The molecule has 0 saturated carbocycles. The van der Waals surface area contributed by atoms with Gasteiger partial charge in [-0.05, 0) is 32.0 Å². The van der Waals surface area contributed by atoms with E-state index >= 15 is 0 Å². The van der Waals surface area contributed by atoms with Gasteiger partial charge in [0.25, 0.3) is 0 Å². The summed E-state index contributed by atoms with van der Waals surface area (Å²) in [5, 5.41) is 3.14. The van der Waals surface area contributed by atoms with Gasteiger partial charge in [-0.15, -0.1) is 0 Å². The molecule has 0 saturated heterocycles. The fraction of sp³-hybridized carbons (Fsp3) is 0.533. The number of hydrogen-bond donors (Lipinski definition) is 1. The summed E-state index contributed by atoms with van der Waals surface area (Å²) in [6.07, 6.45) is 0.916. The third-order valence-corrected chi connectivity index (χ3v) is 3.10. The van der Waals surface area contributed by atoms with Gasteiger partial charge in [0, 0.05) is 13.1 Å². The van der Waals surface area contributed by atoms with Gasteiger partial charge in [0.15, 0.2) is 0 Å². The number of esters is 1. The second-order valence-corrected chi connectivity index (χ2v) is 4.52. The van der Waals surface area contributed by atoms with Crippen molar-refractivity contribution in [2.45, 2.75) is 26.3 Å². The second kappa shape index (κ2) is 8.53. The molecule has 1 rings (SSSR count). The molecule has 0 bridgehead atoms. The van der Waals surface area contributed by atoms with Gasteiger partial charge >= 0.3 is 5.97 Å². The van der Waals surface area contributed by atoms with Crippen LogP contribution in [-0.2, 0) is 9.53 Å². The molecule has 0 aliphatic rings. The van der Waals surface area contributed by atoms with Gasteiger partial charge in [-0.3, -0.25) is 4.79 Å². The Kier molecular flexibility index (Phi) is 7.01. The first-order chi connectivity index (χ1) is 9.63. The summed E-state index contributed by atoms with van der Waals surface area (Å²) >= 11 is 0. The number of ether oxygens (including phenoxy) is 1. The molecule has 0 fully saturated rings. The molecule has 4 nitrogen and oxygen atoms in total. The maximum absolute atomic E-state index is 13.8. The van der Waals surface area contributed by atoms with Gasteiger partial charge in [-0.25, -0.2) is 4.39 Å². The van der Waals surface area contributed by atoms with Gasteiger partial charge in [0.1, 0.15) is 11.9 Å². The molecule has 0 aliphatic heterocycles. The van der Waals surface area contributed by atoms with Crippen molar-refractivity contribution in [3.63, 3.8) is 0 Å². The Morgan fingerprint density at radius 2 is 2.10 bits per heavy atom. The first-order valence-electron chi connectivity index (χ1n) is 6.94. The van der Waals surface area contributed by atoms with Crippen LogP contribution < -0.4 is 10.2 Å². The number of halogens is 1. The Bertz CT molecular complexity index is 426. The number of para-hydroxylation sites is 1. The highest BCUT2D eigenvalue weighted by molar-refractivity contribution is 5.76. The van der Waals surface area contributed by atoms with E-state index in [1.165, 1.54) is 13.2 Å². The first-order valence-corrected chi connectivity index (χ1v) is 6.94. The molecular weight excluding hydrogens is 259 g/mol. The third kappa shape index (κ3) is 4.49. The molecule has 1 aromatic rings. The molecule has 20 heavy (non-hydrogen) atoms. The number of nitrogens with one attached hydrogen (secondary N) is 1. The summed E-state index contributed by atoms with van der Waals surface area (Å²) < 4.78 is 18.6. The number of hydrogen-bond acceptors (Lipinski definition) is 4. The summed E-state index contributed by atoms with van der Waals surface area (Å²) in [5.74, 6) is -0.610. The zero-order valence-corrected chi connectivity index (χ0v) is 12.4. The Labute approximate surface area is 119 Å². The number of anilines is 1. The summed E-state index contributed by atoms with van der Waals surface area (Å²) in [4.78, 5) is 13.6. The Hall–Kier alpha value is -1.62. The van der Waals surface area contributed by atoms with Gasteiger partial charge in [-0.2, -0.15) is 0 Å². The van der Waals surface area contributed by atoms with E-state index in [4.69, 9.17) is 4.74 Å². The quantitative estimate of drug-likeness (QED) is 0.742. The van der Waals surface area contributed by atoms with Crippen LogP contribution in [0.4, 0.5) is 10.1 Å². The highest BCUT2D eigenvalue weighted by atomic mass is 19.1. The monoisotopic (exact) mass is 282 g/mol. The average Bonchev–Trinajstić information content (AvgIpc) is 2.48. The number of benzene rings is 1. The van der Waals surface area contributed by atoms with Crippen molar-refractivity contribution in [1.29, 1.82) is 0 Å². The smallest absolute Gasteiger partial charge is 0.324 e. The van der Waals surface area contributed by atoms with Crippen molar-refractivity contribution < 1.29 is 13.9 Å². The van der Waals surface area contributed by atoms with Crippen molar-refractivity contribution in [3.05, 3.63) is 30.1 Å². The molecule has 5 heteroatoms. The minimum Gasteiger partial charge on any atom is -0.468 e. The highest BCUT2D eigenvalue weighted by Crippen LogP contribution is 2.18. The van der Waals surface area contributed by atoms with E-state index in [-0.39, 0.29) is 11.8 Å². The van der Waals surface area contributed by atoms with Gasteiger partial charge in [0.05, 0.1) is 12.8 Å². The van der Waals surface area contributed by atoms with Gasteiger partial charge in [-0.1, -0.05) is 19.1 Å². The molecule has 1 aromatic carbocycles. The molecule has 1 N–H and O–H groups in total.